The molecule has 0 saturated carbocycles. The maximum Gasteiger partial charge on any atom is 0.0639 e. The Labute approximate surface area is 84.5 Å². The summed E-state index contributed by atoms with van der Waals surface area (Å²) in [4.78, 5) is 4.01. The van der Waals surface area contributed by atoms with Crippen LogP contribution in [-0.4, -0.2) is 31.3 Å². The van der Waals surface area contributed by atoms with E-state index in [9.17, 15) is 0 Å². The predicted octanol–water partition coefficient (Wildman–Crippen LogP) is 0.777. The molecule has 0 saturated heterocycles. The van der Waals surface area contributed by atoms with Crippen molar-refractivity contribution in [2.75, 3.05) is 31.6 Å². The standard InChI is InChI=1S/C10H17N3O/c1-9-8-12-4-2-10(9)13-5-7-14-6-3-11/h2,4,8H,3,5-7,11H2,1H3,(H,12,13). The van der Waals surface area contributed by atoms with Crippen LogP contribution in [0.25, 0.3) is 0 Å². The van der Waals surface area contributed by atoms with E-state index >= 15 is 0 Å². The summed E-state index contributed by atoms with van der Waals surface area (Å²) in [6.45, 7) is 4.70. The van der Waals surface area contributed by atoms with E-state index in [0.717, 1.165) is 17.8 Å². The number of hydrogen-bond donors (Lipinski definition) is 2. The van der Waals surface area contributed by atoms with Crippen molar-refractivity contribution in [2.45, 2.75) is 6.92 Å². The maximum absolute atomic E-state index is 5.29. The SMILES string of the molecule is Cc1cnccc1NCCOCCN. The highest BCUT2D eigenvalue weighted by Crippen LogP contribution is 2.10. The van der Waals surface area contributed by atoms with Crippen molar-refractivity contribution in [3.63, 3.8) is 0 Å². The third-order valence-electron chi connectivity index (χ3n) is 1.84. The third-order valence-corrected chi connectivity index (χ3v) is 1.84. The van der Waals surface area contributed by atoms with Crippen LogP contribution in [0.4, 0.5) is 5.69 Å². The van der Waals surface area contributed by atoms with Crippen LogP contribution >= 0.6 is 0 Å². The topological polar surface area (TPSA) is 60.2 Å². The zero-order valence-corrected chi connectivity index (χ0v) is 8.49. The molecule has 0 atom stereocenters. The summed E-state index contributed by atoms with van der Waals surface area (Å²) in [5.74, 6) is 0. The molecule has 0 bridgehead atoms. The van der Waals surface area contributed by atoms with E-state index in [2.05, 4.69) is 10.3 Å². The minimum atomic E-state index is 0.578. The molecule has 4 nitrogen and oxygen atoms in total. The number of rotatable bonds is 6. The minimum Gasteiger partial charge on any atom is -0.382 e. The van der Waals surface area contributed by atoms with Gasteiger partial charge in [0.25, 0.3) is 0 Å². The van der Waals surface area contributed by atoms with Gasteiger partial charge in [-0.3, -0.25) is 4.98 Å². The molecule has 14 heavy (non-hydrogen) atoms. The summed E-state index contributed by atoms with van der Waals surface area (Å²) in [6, 6.07) is 1.96. The molecule has 1 aromatic heterocycles. The Kier molecular flexibility index (Phi) is 4.96. The van der Waals surface area contributed by atoms with Crippen molar-refractivity contribution in [3.8, 4) is 0 Å². The quantitative estimate of drug-likeness (QED) is 0.658. The first-order valence-electron chi connectivity index (χ1n) is 4.77. The largest absolute Gasteiger partial charge is 0.382 e. The van der Waals surface area contributed by atoms with Gasteiger partial charge in [-0.1, -0.05) is 0 Å². The molecule has 4 heteroatoms. The number of nitrogens with one attached hydrogen (secondary N) is 1. The Bertz CT molecular complexity index is 265. The fourth-order valence-corrected chi connectivity index (χ4v) is 1.12. The van der Waals surface area contributed by atoms with Gasteiger partial charge in [0, 0.05) is 31.2 Å². The zero-order valence-electron chi connectivity index (χ0n) is 8.49. The molecule has 0 fully saturated rings. The van der Waals surface area contributed by atoms with Gasteiger partial charge < -0.3 is 15.8 Å². The maximum atomic E-state index is 5.29. The summed E-state index contributed by atoms with van der Waals surface area (Å²) < 4.78 is 5.24. The Morgan fingerprint density at radius 3 is 3.07 bits per heavy atom. The van der Waals surface area contributed by atoms with Crippen molar-refractivity contribution in [1.82, 2.24) is 4.98 Å². The average Bonchev–Trinajstić information content (AvgIpc) is 2.20. The summed E-state index contributed by atoms with van der Waals surface area (Å²) in [5.41, 5.74) is 7.54. The predicted molar refractivity (Wildman–Crippen MR) is 57.3 cm³/mol. The van der Waals surface area contributed by atoms with Crippen molar-refractivity contribution in [1.29, 1.82) is 0 Å². The summed E-state index contributed by atoms with van der Waals surface area (Å²) in [6.07, 6.45) is 3.61. The second-order valence-electron chi connectivity index (χ2n) is 3.02. The molecule has 1 heterocycles. The van der Waals surface area contributed by atoms with E-state index in [1.807, 2.05) is 19.2 Å². The van der Waals surface area contributed by atoms with E-state index in [0.29, 0.717) is 19.8 Å². The lowest BCUT2D eigenvalue weighted by Crippen LogP contribution is -2.14. The van der Waals surface area contributed by atoms with Gasteiger partial charge in [0.15, 0.2) is 0 Å². The second kappa shape index (κ2) is 6.34. The molecule has 0 radical (unpaired) electrons. The van der Waals surface area contributed by atoms with Gasteiger partial charge in [0.05, 0.1) is 13.2 Å². The minimum absolute atomic E-state index is 0.578. The molecule has 0 aromatic carbocycles. The molecule has 0 aliphatic rings. The lowest BCUT2D eigenvalue weighted by molar-refractivity contribution is 0.151. The Morgan fingerprint density at radius 2 is 2.36 bits per heavy atom. The number of pyridine rings is 1. The number of nitrogens with two attached hydrogens (primary N) is 1. The van der Waals surface area contributed by atoms with Crippen molar-refractivity contribution >= 4 is 5.69 Å². The molecule has 0 amide bonds. The first-order chi connectivity index (χ1) is 6.84. The van der Waals surface area contributed by atoms with Gasteiger partial charge in [-0.15, -0.1) is 0 Å². The van der Waals surface area contributed by atoms with Gasteiger partial charge in [-0.25, -0.2) is 0 Å². The van der Waals surface area contributed by atoms with Crippen molar-refractivity contribution < 1.29 is 4.74 Å². The van der Waals surface area contributed by atoms with Gasteiger partial charge in [0.1, 0.15) is 0 Å². The van der Waals surface area contributed by atoms with Gasteiger partial charge in [0.2, 0.25) is 0 Å². The van der Waals surface area contributed by atoms with Crippen LogP contribution in [0.5, 0.6) is 0 Å². The van der Waals surface area contributed by atoms with Crippen LogP contribution in [0.2, 0.25) is 0 Å². The number of nitrogens with zero attached hydrogens (tertiary/aromatic N) is 1. The molecule has 0 unspecified atom stereocenters. The monoisotopic (exact) mass is 195 g/mol. The molecule has 1 rings (SSSR count). The van der Waals surface area contributed by atoms with Crippen LogP contribution in [0.15, 0.2) is 18.5 Å². The Morgan fingerprint density at radius 1 is 1.50 bits per heavy atom. The van der Waals surface area contributed by atoms with E-state index in [-0.39, 0.29) is 0 Å². The highest BCUT2D eigenvalue weighted by atomic mass is 16.5. The lowest BCUT2D eigenvalue weighted by atomic mass is 10.2. The third kappa shape index (κ3) is 3.72. The summed E-state index contributed by atoms with van der Waals surface area (Å²) in [5, 5.41) is 3.27. The number of aromatic nitrogens is 1. The zero-order chi connectivity index (χ0) is 10.2. The van der Waals surface area contributed by atoms with E-state index in [1.54, 1.807) is 6.20 Å². The second-order valence-corrected chi connectivity index (χ2v) is 3.02. The molecule has 0 aliphatic heterocycles. The molecular formula is C10H17N3O. The first-order valence-corrected chi connectivity index (χ1v) is 4.77. The molecule has 0 spiro atoms. The molecule has 1 aromatic rings. The average molecular weight is 195 g/mol. The van der Waals surface area contributed by atoms with Crippen LogP contribution in [0.3, 0.4) is 0 Å². The van der Waals surface area contributed by atoms with E-state index in [1.165, 1.54) is 0 Å². The fourth-order valence-electron chi connectivity index (χ4n) is 1.12. The fraction of sp³-hybridized carbons (Fsp3) is 0.500. The normalized spacial score (nSPS) is 10.1. The van der Waals surface area contributed by atoms with Crippen LogP contribution in [0, 0.1) is 6.92 Å². The smallest absolute Gasteiger partial charge is 0.0639 e. The highest BCUT2D eigenvalue weighted by Gasteiger charge is 1.95. The van der Waals surface area contributed by atoms with Crippen molar-refractivity contribution in [3.05, 3.63) is 24.0 Å². The number of hydrogen-bond acceptors (Lipinski definition) is 4. The molecule has 78 valence electrons. The van der Waals surface area contributed by atoms with E-state index < -0.39 is 0 Å². The molecule has 0 aliphatic carbocycles. The van der Waals surface area contributed by atoms with Gasteiger partial charge >= 0.3 is 0 Å². The molecular weight excluding hydrogens is 178 g/mol. The number of aryl methyl sites for hydroxylation is 1. The summed E-state index contributed by atoms with van der Waals surface area (Å²) in [7, 11) is 0. The van der Waals surface area contributed by atoms with Gasteiger partial charge in [-0.2, -0.15) is 0 Å². The van der Waals surface area contributed by atoms with Crippen LogP contribution in [0.1, 0.15) is 5.56 Å². The van der Waals surface area contributed by atoms with Gasteiger partial charge in [-0.05, 0) is 18.6 Å². The van der Waals surface area contributed by atoms with E-state index in [4.69, 9.17) is 10.5 Å². The molecule has 3 N–H and O–H groups in total. The highest BCUT2D eigenvalue weighted by molar-refractivity contribution is 5.48. The Hall–Kier alpha value is -1.13. The van der Waals surface area contributed by atoms with Crippen LogP contribution < -0.4 is 11.1 Å². The number of anilines is 1. The Balaban J connectivity index is 2.21. The summed E-state index contributed by atoms with van der Waals surface area (Å²) >= 11 is 0. The van der Waals surface area contributed by atoms with Crippen molar-refractivity contribution in [2.24, 2.45) is 5.73 Å². The number of ether oxygens (including phenoxy) is 1. The van der Waals surface area contributed by atoms with Crippen LogP contribution in [-0.2, 0) is 4.74 Å². The lowest BCUT2D eigenvalue weighted by Gasteiger charge is -2.08. The first kappa shape index (κ1) is 10.9.